The maximum absolute atomic E-state index is 4.32. The van der Waals surface area contributed by atoms with Gasteiger partial charge in [0.05, 0.1) is 6.04 Å². The molecule has 1 aromatic rings. The highest BCUT2D eigenvalue weighted by Crippen LogP contribution is 2.21. The van der Waals surface area contributed by atoms with Gasteiger partial charge < -0.3 is 4.98 Å². The second kappa shape index (κ2) is 4.21. The number of H-pyrrole nitrogens is 1. The maximum Gasteiger partial charge on any atom is 0.152 e. The lowest BCUT2D eigenvalue weighted by Crippen LogP contribution is -2.08. The van der Waals surface area contributed by atoms with E-state index in [4.69, 9.17) is 0 Å². The van der Waals surface area contributed by atoms with Crippen molar-refractivity contribution in [3.05, 3.63) is 18.3 Å². The second-order valence-corrected chi connectivity index (χ2v) is 3.56. The van der Waals surface area contributed by atoms with Crippen LogP contribution in [0.25, 0.3) is 0 Å². The van der Waals surface area contributed by atoms with Gasteiger partial charge in [0.15, 0.2) is 5.82 Å². The fraction of sp³-hybridized carbons (Fsp3) is 0.600. The van der Waals surface area contributed by atoms with Crippen molar-refractivity contribution in [2.45, 2.75) is 38.1 Å². The largest absolute Gasteiger partial charge is 0.345 e. The molecule has 1 heterocycles. The van der Waals surface area contributed by atoms with E-state index in [1.54, 1.807) is 0 Å². The first kappa shape index (κ1) is 8.48. The van der Waals surface area contributed by atoms with Crippen LogP contribution in [-0.4, -0.2) is 11.0 Å². The zero-order chi connectivity index (χ0) is 8.93. The summed E-state index contributed by atoms with van der Waals surface area (Å²) in [5.41, 5.74) is 0. The van der Waals surface area contributed by atoms with Crippen molar-refractivity contribution in [2.75, 3.05) is 0 Å². The van der Waals surface area contributed by atoms with Crippen LogP contribution in [0.2, 0.25) is 0 Å². The molecule has 0 aliphatic heterocycles. The highest BCUT2D eigenvalue weighted by molar-refractivity contribution is 5.24. The van der Waals surface area contributed by atoms with Crippen molar-refractivity contribution in [2.24, 2.45) is 10.2 Å². The van der Waals surface area contributed by atoms with Gasteiger partial charge in [0.25, 0.3) is 0 Å². The number of rotatable bonds is 2. The van der Waals surface area contributed by atoms with Gasteiger partial charge in [-0.3, -0.25) is 0 Å². The monoisotopic (exact) mass is 177 g/mol. The summed E-state index contributed by atoms with van der Waals surface area (Å²) in [6, 6.07) is 4.35. The number of nitrogens with zero attached hydrogens (tertiary/aromatic N) is 2. The number of hydrogen-bond acceptors (Lipinski definition) is 2. The molecule has 3 nitrogen and oxygen atoms in total. The van der Waals surface area contributed by atoms with E-state index in [0.29, 0.717) is 6.04 Å². The van der Waals surface area contributed by atoms with Crippen LogP contribution in [0.5, 0.6) is 0 Å². The molecule has 70 valence electrons. The van der Waals surface area contributed by atoms with E-state index in [2.05, 4.69) is 15.2 Å². The van der Waals surface area contributed by atoms with Crippen molar-refractivity contribution in [3.8, 4) is 0 Å². The standard InChI is InChI=1S/C10H15N3/c1-2-5-9(6-3-1)12-13-10-7-4-8-11-10/h4,7-9,11H,1-3,5-6H2/b13-12+. The van der Waals surface area contributed by atoms with Crippen LogP contribution in [0.15, 0.2) is 28.6 Å². The minimum atomic E-state index is 0.469. The molecule has 2 rings (SSSR count). The van der Waals surface area contributed by atoms with Gasteiger partial charge in [-0.25, -0.2) is 0 Å². The topological polar surface area (TPSA) is 40.5 Å². The van der Waals surface area contributed by atoms with E-state index in [-0.39, 0.29) is 0 Å². The molecule has 0 bridgehead atoms. The molecule has 0 atom stereocenters. The van der Waals surface area contributed by atoms with Crippen LogP contribution < -0.4 is 0 Å². The molecular weight excluding hydrogens is 162 g/mol. The molecule has 3 heteroatoms. The third kappa shape index (κ3) is 2.41. The molecular formula is C10H15N3. The van der Waals surface area contributed by atoms with Gasteiger partial charge in [0.2, 0.25) is 0 Å². The molecule has 1 aromatic heterocycles. The summed E-state index contributed by atoms with van der Waals surface area (Å²) in [4.78, 5) is 3.02. The van der Waals surface area contributed by atoms with Gasteiger partial charge in [0.1, 0.15) is 0 Å². The van der Waals surface area contributed by atoms with Gasteiger partial charge in [-0.15, -0.1) is 5.11 Å². The smallest absolute Gasteiger partial charge is 0.152 e. The molecule has 0 unspecified atom stereocenters. The molecule has 0 spiro atoms. The third-order valence-electron chi connectivity index (χ3n) is 2.49. The van der Waals surface area contributed by atoms with Crippen LogP contribution in [0.1, 0.15) is 32.1 Å². The summed E-state index contributed by atoms with van der Waals surface area (Å²) in [6.45, 7) is 0. The van der Waals surface area contributed by atoms with Crippen LogP contribution in [0.4, 0.5) is 5.82 Å². The predicted molar refractivity (Wildman–Crippen MR) is 52.2 cm³/mol. The lowest BCUT2D eigenvalue weighted by Gasteiger charge is -2.15. The number of aromatic nitrogens is 1. The van der Waals surface area contributed by atoms with Gasteiger partial charge in [0, 0.05) is 6.20 Å². The molecule has 0 radical (unpaired) electrons. The summed E-state index contributed by atoms with van der Waals surface area (Å²) < 4.78 is 0. The minimum Gasteiger partial charge on any atom is -0.345 e. The first-order valence-electron chi connectivity index (χ1n) is 4.99. The Hall–Kier alpha value is -1.12. The normalized spacial score (nSPS) is 19.7. The van der Waals surface area contributed by atoms with E-state index >= 15 is 0 Å². The van der Waals surface area contributed by atoms with Crippen LogP contribution in [0.3, 0.4) is 0 Å². The minimum absolute atomic E-state index is 0.469. The molecule has 0 aromatic carbocycles. The predicted octanol–water partition coefficient (Wildman–Crippen LogP) is 3.43. The van der Waals surface area contributed by atoms with Crippen molar-refractivity contribution in [1.82, 2.24) is 4.98 Å². The molecule has 1 aliphatic rings. The lowest BCUT2D eigenvalue weighted by molar-refractivity contribution is 0.432. The molecule has 1 aliphatic carbocycles. The van der Waals surface area contributed by atoms with Crippen molar-refractivity contribution in [3.63, 3.8) is 0 Å². The number of nitrogens with one attached hydrogen (secondary N) is 1. The highest BCUT2D eigenvalue weighted by Gasteiger charge is 2.11. The van der Waals surface area contributed by atoms with Gasteiger partial charge in [-0.05, 0) is 25.0 Å². The second-order valence-electron chi connectivity index (χ2n) is 3.56. The van der Waals surface area contributed by atoms with E-state index < -0.39 is 0 Å². The number of azo groups is 1. The van der Waals surface area contributed by atoms with E-state index in [1.165, 1.54) is 32.1 Å². The molecule has 13 heavy (non-hydrogen) atoms. The number of aromatic amines is 1. The summed E-state index contributed by atoms with van der Waals surface area (Å²) >= 11 is 0. The van der Waals surface area contributed by atoms with E-state index in [1.807, 2.05) is 18.3 Å². The Bertz CT molecular complexity index is 258. The molecule has 1 fully saturated rings. The molecule has 0 saturated heterocycles. The fourth-order valence-electron chi connectivity index (χ4n) is 1.72. The Labute approximate surface area is 78.3 Å². The number of hydrogen-bond donors (Lipinski definition) is 1. The molecule has 1 N–H and O–H groups in total. The quantitative estimate of drug-likeness (QED) is 0.672. The average molecular weight is 177 g/mol. The summed E-state index contributed by atoms with van der Waals surface area (Å²) in [6.07, 6.45) is 8.29. The molecule has 1 saturated carbocycles. The lowest BCUT2D eigenvalue weighted by atomic mass is 9.96. The van der Waals surface area contributed by atoms with E-state index in [0.717, 1.165) is 5.82 Å². The highest BCUT2D eigenvalue weighted by atomic mass is 15.2. The first-order chi connectivity index (χ1) is 6.45. The van der Waals surface area contributed by atoms with Crippen molar-refractivity contribution in [1.29, 1.82) is 0 Å². The Kier molecular flexibility index (Phi) is 2.75. The van der Waals surface area contributed by atoms with Gasteiger partial charge in [-0.1, -0.05) is 19.3 Å². The zero-order valence-electron chi connectivity index (χ0n) is 7.74. The van der Waals surface area contributed by atoms with Crippen molar-refractivity contribution < 1.29 is 0 Å². The Morgan fingerprint density at radius 3 is 2.77 bits per heavy atom. The Morgan fingerprint density at radius 1 is 1.23 bits per heavy atom. The average Bonchev–Trinajstić information content (AvgIpc) is 2.69. The van der Waals surface area contributed by atoms with Crippen LogP contribution in [0, 0.1) is 0 Å². The summed E-state index contributed by atoms with van der Waals surface area (Å²) in [5, 5.41) is 8.48. The summed E-state index contributed by atoms with van der Waals surface area (Å²) in [7, 11) is 0. The third-order valence-corrected chi connectivity index (χ3v) is 2.49. The molecule has 0 amide bonds. The Morgan fingerprint density at radius 2 is 2.08 bits per heavy atom. The summed E-state index contributed by atoms with van der Waals surface area (Å²) in [5.74, 6) is 0.866. The SMILES string of the molecule is c1c[nH]c(/N=N/C2CCCCC2)c1. The van der Waals surface area contributed by atoms with Gasteiger partial charge in [-0.2, -0.15) is 5.11 Å². The van der Waals surface area contributed by atoms with Crippen molar-refractivity contribution >= 4 is 5.82 Å². The van der Waals surface area contributed by atoms with Crippen LogP contribution in [-0.2, 0) is 0 Å². The van der Waals surface area contributed by atoms with Crippen LogP contribution >= 0.6 is 0 Å². The fourth-order valence-corrected chi connectivity index (χ4v) is 1.72. The van der Waals surface area contributed by atoms with Gasteiger partial charge >= 0.3 is 0 Å². The maximum atomic E-state index is 4.32. The first-order valence-corrected chi connectivity index (χ1v) is 4.99. The van der Waals surface area contributed by atoms with E-state index in [9.17, 15) is 0 Å². The zero-order valence-corrected chi connectivity index (χ0v) is 7.74. The Balaban J connectivity index is 1.89.